The van der Waals surface area contributed by atoms with Crippen LogP contribution in [-0.2, 0) is 0 Å². The lowest BCUT2D eigenvalue weighted by molar-refractivity contribution is 0.687. The SMILES string of the molecule is CC(CCN)c1cncc(-c2ccc3ncccc3c2)c1. The van der Waals surface area contributed by atoms with E-state index in [0.29, 0.717) is 12.5 Å². The molecule has 3 aromatic rings. The first kappa shape index (κ1) is 13.7. The molecule has 0 bridgehead atoms. The van der Waals surface area contributed by atoms with Gasteiger partial charge in [-0.25, -0.2) is 0 Å². The minimum absolute atomic E-state index is 0.435. The minimum atomic E-state index is 0.435. The van der Waals surface area contributed by atoms with Crippen LogP contribution in [0, 0.1) is 0 Å². The number of fused-ring (bicyclic) bond motifs is 1. The van der Waals surface area contributed by atoms with Crippen molar-refractivity contribution in [1.82, 2.24) is 9.97 Å². The fourth-order valence-corrected chi connectivity index (χ4v) is 2.56. The van der Waals surface area contributed by atoms with Crippen LogP contribution in [0.1, 0.15) is 24.8 Å². The Morgan fingerprint density at radius 2 is 2.00 bits per heavy atom. The monoisotopic (exact) mass is 277 g/mol. The number of hydrogen-bond donors (Lipinski definition) is 1. The second-order valence-electron chi connectivity index (χ2n) is 5.40. The highest BCUT2D eigenvalue weighted by atomic mass is 14.6. The third-order valence-electron chi connectivity index (χ3n) is 3.86. The molecule has 0 aliphatic heterocycles. The Bertz CT molecular complexity index is 752. The van der Waals surface area contributed by atoms with Gasteiger partial charge in [-0.15, -0.1) is 0 Å². The van der Waals surface area contributed by atoms with Gasteiger partial charge in [-0.3, -0.25) is 9.97 Å². The molecular weight excluding hydrogens is 258 g/mol. The van der Waals surface area contributed by atoms with Crippen LogP contribution in [0.5, 0.6) is 0 Å². The van der Waals surface area contributed by atoms with Crippen molar-refractivity contribution in [2.75, 3.05) is 6.54 Å². The molecule has 2 N–H and O–H groups in total. The van der Waals surface area contributed by atoms with E-state index in [9.17, 15) is 0 Å². The zero-order valence-electron chi connectivity index (χ0n) is 12.2. The second-order valence-corrected chi connectivity index (χ2v) is 5.40. The Morgan fingerprint density at radius 3 is 2.86 bits per heavy atom. The van der Waals surface area contributed by atoms with Gasteiger partial charge in [-0.05, 0) is 54.3 Å². The molecule has 0 saturated carbocycles. The van der Waals surface area contributed by atoms with Crippen molar-refractivity contribution in [3.63, 3.8) is 0 Å². The van der Waals surface area contributed by atoms with E-state index in [0.717, 1.165) is 22.9 Å². The third kappa shape index (κ3) is 2.93. The maximum atomic E-state index is 5.65. The van der Waals surface area contributed by atoms with E-state index in [1.165, 1.54) is 11.1 Å². The molecule has 3 nitrogen and oxygen atoms in total. The minimum Gasteiger partial charge on any atom is -0.330 e. The summed E-state index contributed by atoms with van der Waals surface area (Å²) in [6.07, 6.45) is 6.65. The fraction of sp³-hybridized carbons (Fsp3) is 0.222. The molecule has 2 aromatic heterocycles. The number of nitrogens with zero attached hydrogens (tertiary/aromatic N) is 2. The molecule has 2 heterocycles. The summed E-state index contributed by atoms with van der Waals surface area (Å²) in [5, 5.41) is 1.15. The smallest absolute Gasteiger partial charge is 0.0702 e. The molecule has 0 radical (unpaired) electrons. The predicted octanol–water partition coefficient (Wildman–Crippen LogP) is 3.75. The highest BCUT2D eigenvalue weighted by molar-refractivity contribution is 5.84. The summed E-state index contributed by atoms with van der Waals surface area (Å²) in [4.78, 5) is 8.74. The molecule has 0 amide bonds. The van der Waals surface area contributed by atoms with Crippen LogP contribution in [0.4, 0.5) is 0 Å². The predicted molar refractivity (Wildman–Crippen MR) is 87.1 cm³/mol. The van der Waals surface area contributed by atoms with Crippen molar-refractivity contribution < 1.29 is 0 Å². The van der Waals surface area contributed by atoms with E-state index in [2.05, 4.69) is 47.2 Å². The summed E-state index contributed by atoms with van der Waals surface area (Å²) in [5.74, 6) is 0.435. The standard InChI is InChI=1S/C18H19N3/c1-13(6-7-19)16-10-17(12-20-11-16)14-4-5-18-15(9-14)3-2-8-21-18/h2-5,8-13H,6-7,19H2,1H3. The summed E-state index contributed by atoms with van der Waals surface area (Å²) in [6.45, 7) is 2.89. The maximum absolute atomic E-state index is 5.65. The molecule has 21 heavy (non-hydrogen) atoms. The average Bonchev–Trinajstić information content (AvgIpc) is 2.55. The number of hydrogen-bond acceptors (Lipinski definition) is 3. The van der Waals surface area contributed by atoms with Gasteiger partial charge in [0, 0.05) is 29.5 Å². The largest absolute Gasteiger partial charge is 0.330 e. The van der Waals surface area contributed by atoms with Crippen LogP contribution < -0.4 is 5.73 Å². The van der Waals surface area contributed by atoms with Crippen LogP contribution >= 0.6 is 0 Å². The first-order chi connectivity index (χ1) is 10.3. The summed E-state index contributed by atoms with van der Waals surface area (Å²) in [7, 11) is 0. The molecule has 3 heteroatoms. The Kier molecular flexibility index (Phi) is 3.93. The Hall–Kier alpha value is -2.26. The van der Waals surface area contributed by atoms with Crippen molar-refractivity contribution in [1.29, 1.82) is 0 Å². The first-order valence-corrected chi connectivity index (χ1v) is 7.28. The van der Waals surface area contributed by atoms with E-state index in [4.69, 9.17) is 5.73 Å². The quantitative estimate of drug-likeness (QED) is 0.790. The van der Waals surface area contributed by atoms with E-state index in [1.807, 2.05) is 24.7 Å². The molecule has 0 saturated heterocycles. The molecule has 0 aliphatic rings. The lowest BCUT2D eigenvalue weighted by Gasteiger charge is -2.11. The molecule has 1 unspecified atom stereocenters. The molecule has 106 valence electrons. The molecular formula is C18H19N3. The van der Waals surface area contributed by atoms with Crippen LogP contribution in [0.25, 0.3) is 22.0 Å². The van der Waals surface area contributed by atoms with Crippen LogP contribution in [0.15, 0.2) is 55.0 Å². The normalized spacial score (nSPS) is 12.5. The molecule has 1 atom stereocenters. The van der Waals surface area contributed by atoms with Crippen LogP contribution in [0.2, 0.25) is 0 Å². The number of aromatic nitrogens is 2. The average molecular weight is 277 g/mol. The number of pyridine rings is 2. The van der Waals surface area contributed by atoms with Gasteiger partial charge in [0.05, 0.1) is 5.52 Å². The zero-order chi connectivity index (χ0) is 14.7. The van der Waals surface area contributed by atoms with Gasteiger partial charge in [0.25, 0.3) is 0 Å². The lowest BCUT2D eigenvalue weighted by atomic mass is 9.96. The summed E-state index contributed by atoms with van der Waals surface area (Å²) in [5.41, 5.74) is 10.2. The van der Waals surface area contributed by atoms with Crippen molar-refractivity contribution in [2.24, 2.45) is 5.73 Å². The second kappa shape index (κ2) is 6.02. The van der Waals surface area contributed by atoms with E-state index >= 15 is 0 Å². The third-order valence-corrected chi connectivity index (χ3v) is 3.86. The summed E-state index contributed by atoms with van der Waals surface area (Å²) < 4.78 is 0. The highest BCUT2D eigenvalue weighted by Crippen LogP contribution is 2.26. The summed E-state index contributed by atoms with van der Waals surface area (Å²) in [6, 6.07) is 12.6. The number of rotatable bonds is 4. The number of benzene rings is 1. The lowest BCUT2D eigenvalue weighted by Crippen LogP contribution is -2.04. The van der Waals surface area contributed by atoms with Crippen LogP contribution in [-0.4, -0.2) is 16.5 Å². The Labute approximate surface area is 124 Å². The van der Waals surface area contributed by atoms with Crippen molar-refractivity contribution in [3.05, 3.63) is 60.6 Å². The highest BCUT2D eigenvalue weighted by Gasteiger charge is 2.07. The van der Waals surface area contributed by atoms with Crippen molar-refractivity contribution in [3.8, 4) is 11.1 Å². The van der Waals surface area contributed by atoms with Gasteiger partial charge in [-0.1, -0.05) is 19.1 Å². The van der Waals surface area contributed by atoms with Gasteiger partial charge >= 0.3 is 0 Å². The van der Waals surface area contributed by atoms with Gasteiger partial charge < -0.3 is 5.73 Å². The molecule has 0 fully saturated rings. The Balaban J connectivity index is 2.00. The van der Waals surface area contributed by atoms with Gasteiger partial charge in [0.2, 0.25) is 0 Å². The summed E-state index contributed by atoms with van der Waals surface area (Å²) >= 11 is 0. The maximum Gasteiger partial charge on any atom is 0.0702 e. The topological polar surface area (TPSA) is 51.8 Å². The first-order valence-electron chi connectivity index (χ1n) is 7.28. The van der Waals surface area contributed by atoms with E-state index in [1.54, 1.807) is 0 Å². The zero-order valence-corrected chi connectivity index (χ0v) is 12.2. The molecule has 0 aliphatic carbocycles. The van der Waals surface area contributed by atoms with E-state index < -0.39 is 0 Å². The van der Waals surface area contributed by atoms with Crippen molar-refractivity contribution in [2.45, 2.75) is 19.3 Å². The Morgan fingerprint density at radius 1 is 1.10 bits per heavy atom. The number of nitrogens with two attached hydrogens (primary N) is 1. The van der Waals surface area contributed by atoms with Crippen molar-refractivity contribution >= 4 is 10.9 Å². The van der Waals surface area contributed by atoms with Gasteiger partial charge in [0.15, 0.2) is 0 Å². The molecule has 1 aromatic carbocycles. The molecule has 0 spiro atoms. The van der Waals surface area contributed by atoms with Gasteiger partial charge in [0.1, 0.15) is 0 Å². The van der Waals surface area contributed by atoms with Gasteiger partial charge in [-0.2, -0.15) is 0 Å². The molecule has 3 rings (SSSR count). The van der Waals surface area contributed by atoms with Crippen LogP contribution in [0.3, 0.4) is 0 Å². The van der Waals surface area contributed by atoms with E-state index in [-0.39, 0.29) is 0 Å². The fourth-order valence-electron chi connectivity index (χ4n) is 2.56.